The van der Waals surface area contributed by atoms with Crippen LogP contribution < -0.4 is 15.4 Å². The standard InChI is InChI=1S/C14H19N3O/c1-2-18-13-7-4-3-6-12(13)17-9-5-8-14(16,10-15)11-17/h3-4,6-7H,2,5,8-9,11,16H2,1H3. The van der Waals surface area contributed by atoms with E-state index in [1.54, 1.807) is 0 Å². The molecular weight excluding hydrogens is 226 g/mol. The average Bonchev–Trinajstić information content (AvgIpc) is 2.40. The molecule has 0 aliphatic carbocycles. The van der Waals surface area contributed by atoms with Crippen molar-refractivity contribution >= 4 is 5.69 Å². The van der Waals surface area contributed by atoms with E-state index in [1.807, 2.05) is 31.2 Å². The van der Waals surface area contributed by atoms with Gasteiger partial charge < -0.3 is 15.4 Å². The van der Waals surface area contributed by atoms with E-state index < -0.39 is 5.54 Å². The van der Waals surface area contributed by atoms with Gasteiger partial charge in [-0.05, 0) is 31.9 Å². The number of anilines is 1. The lowest BCUT2D eigenvalue weighted by Gasteiger charge is -2.37. The SMILES string of the molecule is CCOc1ccccc1N1CCCC(N)(C#N)C1. The van der Waals surface area contributed by atoms with Crippen molar-refractivity contribution in [2.45, 2.75) is 25.3 Å². The van der Waals surface area contributed by atoms with Crippen molar-refractivity contribution in [1.82, 2.24) is 0 Å². The Hall–Kier alpha value is -1.73. The van der Waals surface area contributed by atoms with Gasteiger partial charge in [0.15, 0.2) is 0 Å². The molecule has 1 aliphatic heterocycles. The predicted molar refractivity (Wildman–Crippen MR) is 71.6 cm³/mol. The first-order valence-corrected chi connectivity index (χ1v) is 6.35. The van der Waals surface area contributed by atoms with Gasteiger partial charge in [0.1, 0.15) is 11.3 Å². The largest absolute Gasteiger partial charge is 0.492 e. The lowest BCUT2D eigenvalue weighted by Crippen LogP contribution is -2.53. The van der Waals surface area contributed by atoms with Crippen LogP contribution in [0.5, 0.6) is 5.75 Å². The topological polar surface area (TPSA) is 62.3 Å². The summed E-state index contributed by atoms with van der Waals surface area (Å²) in [6.45, 7) is 4.09. The highest BCUT2D eigenvalue weighted by Crippen LogP contribution is 2.31. The highest BCUT2D eigenvalue weighted by atomic mass is 16.5. The fourth-order valence-corrected chi connectivity index (χ4v) is 2.38. The van der Waals surface area contributed by atoms with Gasteiger partial charge in [-0.3, -0.25) is 0 Å². The lowest BCUT2D eigenvalue weighted by atomic mass is 9.91. The zero-order valence-corrected chi connectivity index (χ0v) is 10.7. The molecule has 18 heavy (non-hydrogen) atoms. The number of benzene rings is 1. The van der Waals surface area contributed by atoms with Crippen molar-refractivity contribution < 1.29 is 4.74 Å². The summed E-state index contributed by atoms with van der Waals surface area (Å²) < 4.78 is 5.63. The van der Waals surface area contributed by atoms with Gasteiger partial charge >= 0.3 is 0 Å². The monoisotopic (exact) mass is 245 g/mol. The molecule has 2 rings (SSSR count). The van der Waals surface area contributed by atoms with E-state index in [9.17, 15) is 0 Å². The Morgan fingerprint density at radius 1 is 1.50 bits per heavy atom. The molecule has 4 heteroatoms. The second-order valence-electron chi connectivity index (χ2n) is 4.69. The Kier molecular flexibility index (Phi) is 3.73. The summed E-state index contributed by atoms with van der Waals surface area (Å²) in [5.74, 6) is 0.863. The van der Waals surface area contributed by atoms with E-state index in [2.05, 4.69) is 11.0 Å². The molecule has 1 heterocycles. The molecule has 1 saturated heterocycles. The number of hydrogen-bond donors (Lipinski definition) is 1. The van der Waals surface area contributed by atoms with E-state index >= 15 is 0 Å². The molecule has 1 aromatic rings. The van der Waals surface area contributed by atoms with Crippen LogP contribution in [-0.4, -0.2) is 25.2 Å². The second-order valence-corrected chi connectivity index (χ2v) is 4.69. The number of hydrogen-bond acceptors (Lipinski definition) is 4. The molecule has 2 N–H and O–H groups in total. The number of nitriles is 1. The van der Waals surface area contributed by atoms with Gasteiger partial charge in [-0.25, -0.2) is 0 Å². The first kappa shape index (κ1) is 12.7. The number of para-hydroxylation sites is 2. The van der Waals surface area contributed by atoms with Crippen LogP contribution in [0.1, 0.15) is 19.8 Å². The highest BCUT2D eigenvalue weighted by molar-refractivity contribution is 5.59. The minimum atomic E-state index is -0.739. The van der Waals surface area contributed by atoms with Crippen molar-refractivity contribution in [3.8, 4) is 11.8 Å². The zero-order chi connectivity index (χ0) is 13.0. The van der Waals surface area contributed by atoms with E-state index in [1.165, 1.54) is 0 Å². The molecule has 1 aliphatic rings. The van der Waals surface area contributed by atoms with Crippen LogP contribution in [0.15, 0.2) is 24.3 Å². The third-order valence-corrected chi connectivity index (χ3v) is 3.25. The molecule has 1 fully saturated rings. The van der Waals surface area contributed by atoms with Gasteiger partial charge in [0.2, 0.25) is 0 Å². The molecule has 0 radical (unpaired) electrons. The maximum atomic E-state index is 9.15. The van der Waals surface area contributed by atoms with Crippen molar-refractivity contribution in [2.75, 3.05) is 24.6 Å². The minimum absolute atomic E-state index is 0.563. The van der Waals surface area contributed by atoms with Gasteiger partial charge in [-0.15, -0.1) is 0 Å². The Morgan fingerprint density at radius 2 is 2.28 bits per heavy atom. The molecule has 0 aromatic heterocycles. The van der Waals surface area contributed by atoms with Crippen molar-refractivity contribution in [2.24, 2.45) is 5.73 Å². The molecule has 0 bridgehead atoms. The number of piperidine rings is 1. The molecule has 96 valence electrons. The van der Waals surface area contributed by atoms with Gasteiger partial charge in [0.25, 0.3) is 0 Å². The fraction of sp³-hybridized carbons (Fsp3) is 0.500. The van der Waals surface area contributed by atoms with Crippen LogP contribution in [0, 0.1) is 11.3 Å². The lowest BCUT2D eigenvalue weighted by molar-refractivity contribution is 0.337. The van der Waals surface area contributed by atoms with Crippen molar-refractivity contribution in [1.29, 1.82) is 5.26 Å². The summed E-state index contributed by atoms with van der Waals surface area (Å²) in [6, 6.07) is 10.1. The molecule has 1 atom stereocenters. The quantitative estimate of drug-likeness (QED) is 0.883. The normalized spacial score (nSPS) is 23.5. The maximum Gasteiger partial charge on any atom is 0.142 e. The first-order chi connectivity index (χ1) is 8.68. The highest BCUT2D eigenvalue weighted by Gasteiger charge is 2.32. The van der Waals surface area contributed by atoms with E-state index in [0.717, 1.165) is 30.8 Å². The van der Waals surface area contributed by atoms with E-state index in [4.69, 9.17) is 15.7 Å². The number of ether oxygens (including phenoxy) is 1. The predicted octanol–water partition coefficient (Wildman–Crippen LogP) is 1.91. The van der Waals surface area contributed by atoms with Gasteiger partial charge in [-0.2, -0.15) is 5.26 Å². The summed E-state index contributed by atoms with van der Waals surface area (Å²) in [5, 5.41) is 9.15. The van der Waals surface area contributed by atoms with Crippen molar-refractivity contribution in [3.63, 3.8) is 0 Å². The van der Waals surface area contributed by atoms with Crippen LogP contribution in [0.4, 0.5) is 5.69 Å². The molecule has 1 aromatic carbocycles. The second kappa shape index (κ2) is 5.28. The van der Waals surface area contributed by atoms with Crippen LogP contribution in [0.25, 0.3) is 0 Å². The van der Waals surface area contributed by atoms with Gasteiger partial charge in [0.05, 0.1) is 18.4 Å². The Morgan fingerprint density at radius 3 is 3.00 bits per heavy atom. The van der Waals surface area contributed by atoms with Crippen LogP contribution >= 0.6 is 0 Å². The number of nitrogens with two attached hydrogens (primary N) is 1. The molecule has 0 amide bonds. The molecular formula is C14H19N3O. The third-order valence-electron chi connectivity index (χ3n) is 3.25. The van der Waals surface area contributed by atoms with Crippen LogP contribution in [0.2, 0.25) is 0 Å². The van der Waals surface area contributed by atoms with E-state index in [0.29, 0.717) is 13.2 Å². The maximum absolute atomic E-state index is 9.15. The first-order valence-electron chi connectivity index (χ1n) is 6.35. The summed E-state index contributed by atoms with van der Waals surface area (Å²) >= 11 is 0. The summed E-state index contributed by atoms with van der Waals surface area (Å²) in [7, 11) is 0. The molecule has 0 saturated carbocycles. The third kappa shape index (κ3) is 2.57. The summed E-state index contributed by atoms with van der Waals surface area (Å²) in [6.07, 6.45) is 1.70. The number of nitrogens with zero attached hydrogens (tertiary/aromatic N) is 2. The van der Waals surface area contributed by atoms with Crippen LogP contribution in [0.3, 0.4) is 0 Å². The fourth-order valence-electron chi connectivity index (χ4n) is 2.38. The Labute approximate surface area is 108 Å². The van der Waals surface area contributed by atoms with Crippen molar-refractivity contribution in [3.05, 3.63) is 24.3 Å². The zero-order valence-electron chi connectivity index (χ0n) is 10.7. The van der Waals surface area contributed by atoms with Gasteiger partial charge in [-0.1, -0.05) is 12.1 Å². The average molecular weight is 245 g/mol. The summed E-state index contributed by atoms with van der Waals surface area (Å²) in [5.41, 5.74) is 6.36. The minimum Gasteiger partial charge on any atom is -0.492 e. The molecule has 1 unspecified atom stereocenters. The van der Waals surface area contributed by atoms with Crippen LogP contribution in [-0.2, 0) is 0 Å². The Balaban J connectivity index is 2.23. The molecule has 0 spiro atoms. The van der Waals surface area contributed by atoms with E-state index in [-0.39, 0.29) is 0 Å². The molecule has 4 nitrogen and oxygen atoms in total. The number of rotatable bonds is 3. The summed E-state index contributed by atoms with van der Waals surface area (Å²) in [4.78, 5) is 2.15. The van der Waals surface area contributed by atoms with Gasteiger partial charge in [0, 0.05) is 13.1 Å². The Bertz CT molecular complexity index is 455. The smallest absolute Gasteiger partial charge is 0.142 e.